The number of carbonyl (C=O) groups is 2. The number of ether oxygens (including phenoxy) is 1. The van der Waals surface area contributed by atoms with Crippen LogP contribution in [0.25, 0.3) is 5.69 Å². The highest BCUT2D eigenvalue weighted by Crippen LogP contribution is 2.31. The maximum absolute atomic E-state index is 14.2. The second kappa shape index (κ2) is 13.3. The van der Waals surface area contributed by atoms with Gasteiger partial charge in [-0.3, -0.25) is 14.4 Å². The Kier molecular flexibility index (Phi) is 9.40. The summed E-state index contributed by atoms with van der Waals surface area (Å²) in [5.41, 5.74) is 2.02. The van der Waals surface area contributed by atoms with Crippen LogP contribution < -0.4 is 20.9 Å². The summed E-state index contributed by atoms with van der Waals surface area (Å²) in [7, 11) is 1.52. The molecule has 1 aliphatic rings. The molecule has 3 aromatic carbocycles. The summed E-state index contributed by atoms with van der Waals surface area (Å²) in [5.74, 6) is -0.507. The minimum atomic E-state index is -3.03. The highest BCUT2D eigenvalue weighted by Gasteiger charge is 2.32. The highest BCUT2D eigenvalue weighted by molar-refractivity contribution is 6.42. The Bertz CT molecular complexity index is 1820. The monoisotopic (exact) mass is 655 g/mol. The predicted octanol–water partition coefficient (Wildman–Crippen LogP) is 6.26. The Balaban J connectivity index is 1.58. The van der Waals surface area contributed by atoms with Crippen LogP contribution in [0.2, 0.25) is 10.0 Å². The number of hydrogen-bond acceptors (Lipinski definition) is 6. The Labute approximate surface area is 267 Å². The highest BCUT2D eigenvalue weighted by atomic mass is 35.5. The topological polar surface area (TPSA) is 106 Å². The molecule has 2 atom stereocenters. The van der Waals surface area contributed by atoms with Crippen molar-refractivity contribution < 1.29 is 23.1 Å². The standard InChI is InChI=1S/C32H29Cl2F2N5O4/c1-17-14-23-26(16-40(17)29(43)20-10-13-24(33)25(34)15-20)39-32(38-18(2)22-6-4-5-7-27(22)45-31(35)36)41(30(23)44)21-11-8-19(9-12-21)28(42)37-3/h4-13,15,17-18,31H,14,16H2,1-3H3,(H,37,42)(H,38,39)/t17-,18+/m1/s1. The van der Waals surface area contributed by atoms with Crippen molar-refractivity contribution in [2.75, 3.05) is 12.4 Å². The van der Waals surface area contributed by atoms with Gasteiger partial charge in [0.1, 0.15) is 5.75 Å². The molecule has 0 saturated heterocycles. The van der Waals surface area contributed by atoms with E-state index in [4.69, 9.17) is 32.9 Å². The normalized spacial score (nSPS) is 14.9. The largest absolute Gasteiger partial charge is 0.434 e. The number of amides is 2. The first-order valence-electron chi connectivity index (χ1n) is 14.0. The number of carbonyl (C=O) groups excluding carboxylic acids is 2. The number of nitrogens with zero attached hydrogens (tertiary/aromatic N) is 3. The lowest BCUT2D eigenvalue weighted by molar-refractivity contribution is -0.0505. The molecule has 0 fully saturated rings. The number of rotatable bonds is 8. The number of para-hydroxylation sites is 1. The van der Waals surface area contributed by atoms with Gasteiger partial charge in [0.2, 0.25) is 5.95 Å². The fraction of sp³-hybridized carbons (Fsp3) is 0.250. The van der Waals surface area contributed by atoms with Gasteiger partial charge in [-0.2, -0.15) is 8.78 Å². The van der Waals surface area contributed by atoms with Crippen molar-refractivity contribution in [1.82, 2.24) is 19.8 Å². The van der Waals surface area contributed by atoms with Crippen molar-refractivity contribution >= 4 is 41.0 Å². The van der Waals surface area contributed by atoms with Crippen molar-refractivity contribution in [2.24, 2.45) is 0 Å². The Morgan fingerprint density at radius 2 is 1.71 bits per heavy atom. The summed E-state index contributed by atoms with van der Waals surface area (Å²) in [5, 5.41) is 6.31. The van der Waals surface area contributed by atoms with E-state index in [1.165, 1.54) is 23.7 Å². The van der Waals surface area contributed by atoms with Gasteiger partial charge < -0.3 is 20.3 Å². The lowest BCUT2D eigenvalue weighted by Crippen LogP contribution is -2.46. The maximum Gasteiger partial charge on any atom is 0.387 e. The van der Waals surface area contributed by atoms with Gasteiger partial charge in [-0.25, -0.2) is 9.55 Å². The van der Waals surface area contributed by atoms with Gasteiger partial charge in [-0.15, -0.1) is 0 Å². The van der Waals surface area contributed by atoms with E-state index in [0.29, 0.717) is 38.7 Å². The molecule has 0 bridgehead atoms. The molecule has 5 rings (SSSR count). The first-order chi connectivity index (χ1) is 21.5. The van der Waals surface area contributed by atoms with Crippen LogP contribution in [0.3, 0.4) is 0 Å². The summed E-state index contributed by atoms with van der Waals surface area (Å²) in [6, 6.07) is 16.4. The number of halogens is 4. The molecule has 45 heavy (non-hydrogen) atoms. The van der Waals surface area contributed by atoms with Crippen molar-refractivity contribution in [1.29, 1.82) is 0 Å². The molecule has 2 heterocycles. The number of hydrogen-bond donors (Lipinski definition) is 2. The predicted molar refractivity (Wildman–Crippen MR) is 168 cm³/mol. The van der Waals surface area contributed by atoms with Gasteiger partial charge in [0.15, 0.2) is 0 Å². The van der Waals surface area contributed by atoms with Gasteiger partial charge in [-0.05, 0) is 68.8 Å². The summed E-state index contributed by atoms with van der Waals surface area (Å²) in [6.07, 6.45) is 0.228. The SMILES string of the molecule is CNC(=O)c1ccc(-n2c(N[C@@H](C)c3ccccc3OC(F)F)nc3c(c2=O)C[C@@H](C)N(C(=O)c2ccc(Cl)c(Cl)c2)C3)cc1. The van der Waals surface area contributed by atoms with E-state index >= 15 is 0 Å². The smallest absolute Gasteiger partial charge is 0.387 e. The van der Waals surface area contributed by atoms with Gasteiger partial charge in [0.05, 0.1) is 34.0 Å². The van der Waals surface area contributed by atoms with E-state index < -0.39 is 12.7 Å². The first kappa shape index (κ1) is 31.9. The average Bonchev–Trinajstić information content (AvgIpc) is 3.02. The van der Waals surface area contributed by atoms with E-state index in [2.05, 4.69) is 10.6 Å². The Morgan fingerprint density at radius 1 is 1.02 bits per heavy atom. The second-order valence-electron chi connectivity index (χ2n) is 10.5. The minimum absolute atomic E-state index is 0.0264. The molecule has 1 aromatic heterocycles. The Morgan fingerprint density at radius 3 is 2.38 bits per heavy atom. The Hall–Kier alpha value is -4.48. The third-order valence-corrected chi connectivity index (χ3v) is 8.34. The molecule has 13 heteroatoms. The lowest BCUT2D eigenvalue weighted by atomic mass is 9.98. The number of fused-ring (bicyclic) bond motifs is 1. The zero-order valence-electron chi connectivity index (χ0n) is 24.5. The van der Waals surface area contributed by atoms with Crippen molar-refractivity contribution in [3.8, 4) is 11.4 Å². The minimum Gasteiger partial charge on any atom is -0.434 e. The molecular weight excluding hydrogens is 627 g/mol. The molecule has 0 spiro atoms. The second-order valence-corrected chi connectivity index (χ2v) is 11.3. The van der Waals surface area contributed by atoms with Crippen LogP contribution in [-0.4, -0.2) is 46.0 Å². The fourth-order valence-corrected chi connectivity index (χ4v) is 5.58. The van der Waals surface area contributed by atoms with E-state index in [-0.39, 0.29) is 53.1 Å². The van der Waals surface area contributed by atoms with E-state index in [1.807, 2.05) is 6.92 Å². The number of aromatic nitrogens is 2. The van der Waals surface area contributed by atoms with Gasteiger partial charge in [0, 0.05) is 35.3 Å². The molecule has 0 radical (unpaired) electrons. The van der Waals surface area contributed by atoms with Crippen molar-refractivity contribution in [3.63, 3.8) is 0 Å². The molecule has 9 nitrogen and oxygen atoms in total. The fourth-order valence-electron chi connectivity index (χ4n) is 5.28. The van der Waals surface area contributed by atoms with Crippen molar-refractivity contribution in [3.05, 3.63) is 115 Å². The third-order valence-electron chi connectivity index (χ3n) is 7.60. The number of alkyl halides is 2. The summed E-state index contributed by atoms with van der Waals surface area (Å²) in [6.45, 7) is 0.572. The van der Waals surface area contributed by atoms with Gasteiger partial charge in [-0.1, -0.05) is 41.4 Å². The van der Waals surface area contributed by atoms with E-state index in [9.17, 15) is 23.2 Å². The van der Waals surface area contributed by atoms with Crippen LogP contribution in [0.1, 0.15) is 57.4 Å². The van der Waals surface area contributed by atoms with Crippen LogP contribution in [-0.2, 0) is 13.0 Å². The van der Waals surface area contributed by atoms with Crippen LogP contribution in [0.5, 0.6) is 5.75 Å². The summed E-state index contributed by atoms with van der Waals surface area (Å²) < 4.78 is 32.4. The van der Waals surface area contributed by atoms with Crippen molar-refractivity contribution in [2.45, 2.75) is 45.5 Å². The quantitative estimate of drug-likeness (QED) is 0.232. The molecule has 2 amide bonds. The molecule has 2 N–H and O–H groups in total. The van der Waals surface area contributed by atoms with Crippen LogP contribution in [0.4, 0.5) is 14.7 Å². The molecule has 0 saturated carbocycles. The first-order valence-corrected chi connectivity index (χ1v) is 14.8. The molecule has 1 aliphatic heterocycles. The van der Waals surface area contributed by atoms with Crippen LogP contribution in [0.15, 0.2) is 71.5 Å². The van der Waals surface area contributed by atoms with Gasteiger partial charge >= 0.3 is 6.61 Å². The van der Waals surface area contributed by atoms with Gasteiger partial charge in [0.25, 0.3) is 17.4 Å². The zero-order chi connectivity index (χ0) is 32.4. The molecule has 0 aliphatic carbocycles. The van der Waals surface area contributed by atoms with E-state index in [0.717, 1.165) is 0 Å². The maximum atomic E-state index is 14.2. The number of nitrogens with one attached hydrogen (secondary N) is 2. The zero-order valence-corrected chi connectivity index (χ0v) is 26.0. The third kappa shape index (κ3) is 6.64. The molecule has 0 unspecified atom stereocenters. The molecule has 4 aromatic rings. The lowest BCUT2D eigenvalue weighted by Gasteiger charge is -2.35. The number of benzene rings is 3. The number of anilines is 1. The molecule has 234 valence electrons. The van der Waals surface area contributed by atoms with Crippen LogP contribution >= 0.6 is 23.2 Å². The summed E-state index contributed by atoms with van der Waals surface area (Å²) in [4.78, 5) is 46.3. The average molecular weight is 657 g/mol. The van der Waals surface area contributed by atoms with E-state index in [1.54, 1.807) is 66.4 Å². The van der Waals surface area contributed by atoms with Crippen LogP contribution in [0, 0.1) is 0 Å². The molecular formula is C32H29Cl2F2N5O4. The summed E-state index contributed by atoms with van der Waals surface area (Å²) >= 11 is 12.2.